The number of benzene rings is 1. The van der Waals surface area contributed by atoms with Gasteiger partial charge in [-0.1, -0.05) is 19.1 Å². The van der Waals surface area contributed by atoms with E-state index in [0.717, 1.165) is 40.4 Å². The minimum absolute atomic E-state index is 0.448. The van der Waals surface area contributed by atoms with Crippen LogP contribution in [-0.4, -0.2) is 10.1 Å². The van der Waals surface area contributed by atoms with E-state index in [0.29, 0.717) is 6.61 Å². The van der Waals surface area contributed by atoms with Gasteiger partial charge in [0, 0.05) is 10.9 Å². The maximum Gasteiger partial charge on any atom is 0.131 e. The summed E-state index contributed by atoms with van der Waals surface area (Å²) in [5.41, 5.74) is 2.89. The van der Waals surface area contributed by atoms with E-state index in [9.17, 15) is 5.11 Å². The first-order valence-corrected chi connectivity index (χ1v) is 7.82. The Bertz CT molecular complexity index is 563. The first-order chi connectivity index (χ1) is 9.60. The van der Waals surface area contributed by atoms with Crippen LogP contribution in [-0.2, 0) is 13.0 Å². The number of hydrogen-bond acceptors (Lipinski definition) is 4. The molecule has 1 N–H and O–H groups in total. The molecule has 0 aliphatic rings. The highest BCUT2D eigenvalue weighted by molar-refractivity contribution is 7.09. The summed E-state index contributed by atoms with van der Waals surface area (Å²) >= 11 is 1.68. The lowest BCUT2D eigenvalue weighted by atomic mass is 10.1. The SMILES string of the molecule is CCCc1nc(COc2cc(C)ccc2[C@H](C)O)cs1. The van der Waals surface area contributed by atoms with Crippen LogP contribution in [0.4, 0.5) is 0 Å². The van der Waals surface area contributed by atoms with Gasteiger partial charge in [-0.3, -0.25) is 0 Å². The molecular formula is C16H21NO2S. The number of nitrogens with zero attached hydrogens (tertiary/aromatic N) is 1. The topological polar surface area (TPSA) is 42.4 Å². The Morgan fingerprint density at radius 2 is 2.20 bits per heavy atom. The number of rotatable bonds is 6. The van der Waals surface area contributed by atoms with Gasteiger partial charge in [0.2, 0.25) is 0 Å². The van der Waals surface area contributed by atoms with Crippen LogP contribution in [0, 0.1) is 6.92 Å². The second-order valence-electron chi connectivity index (χ2n) is 4.99. The third kappa shape index (κ3) is 3.81. The standard InChI is InChI=1S/C16H21NO2S/c1-4-5-16-17-13(10-20-16)9-19-15-8-11(2)6-7-14(15)12(3)18/h6-8,10,12,18H,4-5,9H2,1-3H3/t12-/m0/s1. The van der Waals surface area contributed by atoms with Crippen molar-refractivity contribution in [2.75, 3.05) is 0 Å². The van der Waals surface area contributed by atoms with Crippen molar-refractivity contribution in [3.63, 3.8) is 0 Å². The molecule has 20 heavy (non-hydrogen) atoms. The summed E-state index contributed by atoms with van der Waals surface area (Å²) in [7, 11) is 0. The number of ether oxygens (including phenoxy) is 1. The summed E-state index contributed by atoms with van der Waals surface area (Å²) in [5, 5.41) is 13.0. The van der Waals surface area contributed by atoms with Crippen LogP contribution in [0.5, 0.6) is 5.75 Å². The van der Waals surface area contributed by atoms with Crippen LogP contribution in [0.25, 0.3) is 0 Å². The Morgan fingerprint density at radius 1 is 1.40 bits per heavy atom. The molecule has 2 rings (SSSR count). The number of thiazole rings is 1. The van der Waals surface area contributed by atoms with Crippen molar-refractivity contribution in [1.82, 2.24) is 4.98 Å². The molecule has 108 valence electrons. The molecule has 0 bridgehead atoms. The van der Waals surface area contributed by atoms with E-state index >= 15 is 0 Å². The molecule has 0 aliphatic heterocycles. The van der Waals surface area contributed by atoms with Crippen LogP contribution in [0.2, 0.25) is 0 Å². The zero-order valence-electron chi connectivity index (χ0n) is 12.2. The van der Waals surface area contributed by atoms with Gasteiger partial charge < -0.3 is 9.84 Å². The van der Waals surface area contributed by atoms with Gasteiger partial charge in [-0.2, -0.15) is 0 Å². The van der Waals surface area contributed by atoms with E-state index in [1.54, 1.807) is 18.3 Å². The lowest BCUT2D eigenvalue weighted by Crippen LogP contribution is -2.02. The molecule has 0 spiro atoms. The first-order valence-electron chi connectivity index (χ1n) is 6.94. The minimum Gasteiger partial charge on any atom is -0.487 e. The van der Waals surface area contributed by atoms with Gasteiger partial charge in [0.05, 0.1) is 16.8 Å². The van der Waals surface area contributed by atoms with Gasteiger partial charge in [-0.05, 0) is 38.3 Å². The van der Waals surface area contributed by atoms with Gasteiger partial charge in [-0.25, -0.2) is 4.98 Å². The Morgan fingerprint density at radius 3 is 2.90 bits per heavy atom. The van der Waals surface area contributed by atoms with E-state index in [1.807, 2.05) is 30.5 Å². The Kier molecular flexibility index (Phi) is 5.15. The first kappa shape index (κ1) is 15.0. The quantitative estimate of drug-likeness (QED) is 0.873. The minimum atomic E-state index is -0.531. The van der Waals surface area contributed by atoms with Crippen LogP contribution in [0.15, 0.2) is 23.6 Å². The molecule has 1 aromatic carbocycles. The molecule has 0 saturated heterocycles. The van der Waals surface area contributed by atoms with Gasteiger partial charge in [0.25, 0.3) is 0 Å². The summed E-state index contributed by atoms with van der Waals surface area (Å²) in [6.07, 6.45) is 1.60. The van der Waals surface area contributed by atoms with Crippen molar-refractivity contribution < 1.29 is 9.84 Å². The summed E-state index contributed by atoms with van der Waals surface area (Å²) in [6.45, 7) is 6.36. The lowest BCUT2D eigenvalue weighted by molar-refractivity contribution is 0.190. The smallest absolute Gasteiger partial charge is 0.131 e. The predicted octanol–water partition coefficient (Wildman–Crippen LogP) is 4.04. The number of aliphatic hydroxyl groups excluding tert-OH is 1. The van der Waals surface area contributed by atoms with Crippen molar-refractivity contribution in [3.8, 4) is 5.75 Å². The molecule has 0 unspecified atom stereocenters. The monoisotopic (exact) mass is 291 g/mol. The third-order valence-corrected chi connectivity index (χ3v) is 4.02. The largest absolute Gasteiger partial charge is 0.487 e. The van der Waals surface area contributed by atoms with Gasteiger partial charge in [0.1, 0.15) is 12.4 Å². The summed E-state index contributed by atoms with van der Waals surface area (Å²) in [5.74, 6) is 0.741. The third-order valence-electron chi connectivity index (χ3n) is 3.06. The number of aliphatic hydroxyl groups is 1. The fourth-order valence-corrected chi connectivity index (χ4v) is 2.89. The second-order valence-corrected chi connectivity index (χ2v) is 5.93. The molecule has 0 radical (unpaired) electrons. The summed E-state index contributed by atoms with van der Waals surface area (Å²) in [6, 6.07) is 5.86. The van der Waals surface area contributed by atoms with E-state index < -0.39 is 6.10 Å². The average Bonchev–Trinajstić information content (AvgIpc) is 2.84. The fraction of sp³-hybridized carbons (Fsp3) is 0.438. The maximum absolute atomic E-state index is 9.77. The Balaban J connectivity index is 2.07. The lowest BCUT2D eigenvalue weighted by Gasteiger charge is -2.13. The molecule has 0 aliphatic carbocycles. The van der Waals surface area contributed by atoms with Crippen LogP contribution >= 0.6 is 11.3 Å². The van der Waals surface area contributed by atoms with E-state index in [1.165, 1.54) is 0 Å². The molecule has 0 amide bonds. The van der Waals surface area contributed by atoms with Gasteiger partial charge in [-0.15, -0.1) is 11.3 Å². The van der Waals surface area contributed by atoms with Crippen molar-refractivity contribution >= 4 is 11.3 Å². The van der Waals surface area contributed by atoms with Crippen LogP contribution in [0.1, 0.15) is 48.2 Å². The maximum atomic E-state index is 9.77. The molecular weight excluding hydrogens is 270 g/mol. The van der Waals surface area contributed by atoms with Crippen LogP contribution < -0.4 is 4.74 Å². The van der Waals surface area contributed by atoms with Gasteiger partial charge >= 0.3 is 0 Å². The second kappa shape index (κ2) is 6.86. The molecule has 1 atom stereocenters. The highest BCUT2D eigenvalue weighted by Gasteiger charge is 2.10. The summed E-state index contributed by atoms with van der Waals surface area (Å²) < 4.78 is 5.84. The number of aromatic nitrogens is 1. The van der Waals surface area contributed by atoms with Crippen LogP contribution in [0.3, 0.4) is 0 Å². The molecule has 0 fully saturated rings. The van der Waals surface area contributed by atoms with E-state index in [-0.39, 0.29) is 0 Å². The number of aryl methyl sites for hydroxylation is 2. The zero-order chi connectivity index (χ0) is 14.5. The molecule has 2 aromatic rings. The average molecular weight is 291 g/mol. The number of hydrogen-bond donors (Lipinski definition) is 1. The molecule has 3 nitrogen and oxygen atoms in total. The predicted molar refractivity (Wildman–Crippen MR) is 82.3 cm³/mol. The van der Waals surface area contributed by atoms with E-state index in [2.05, 4.69) is 11.9 Å². The van der Waals surface area contributed by atoms with Gasteiger partial charge in [0.15, 0.2) is 0 Å². The molecule has 4 heteroatoms. The van der Waals surface area contributed by atoms with Crippen molar-refractivity contribution in [2.24, 2.45) is 0 Å². The summed E-state index contributed by atoms with van der Waals surface area (Å²) in [4.78, 5) is 4.54. The Hall–Kier alpha value is -1.39. The normalized spacial score (nSPS) is 12.4. The van der Waals surface area contributed by atoms with Crippen molar-refractivity contribution in [1.29, 1.82) is 0 Å². The van der Waals surface area contributed by atoms with Crippen molar-refractivity contribution in [3.05, 3.63) is 45.4 Å². The zero-order valence-corrected chi connectivity index (χ0v) is 13.0. The van der Waals surface area contributed by atoms with Crippen molar-refractivity contribution in [2.45, 2.75) is 46.3 Å². The molecule has 1 aromatic heterocycles. The Labute approximate surface area is 124 Å². The highest BCUT2D eigenvalue weighted by Crippen LogP contribution is 2.27. The van der Waals surface area contributed by atoms with E-state index in [4.69, 9.17) is 4.74 Å². The highest BCUT2D eigenvalue weighted by atomic mass is 32.1. The fourth-order valence-electron chi connectivity index (χ4n) is 2.01. The molecule has 1 heterocycles. The molecule has 0 saturated carbocycles.